The van der Waals surface area contributed by atoms with Crippen LogP contribution in [-0.2, 0) is 4.79 Å². The van der Waals surface area contributed by atoms with Crippen molar-refractivity contribution < 1.29 is 14.3 Å². The molecule has 0 aromatic heterocycles. The lowest BCUT2D eigenvalue weighted by Gasteiger charge is -2.20. The van der Waals surface area contributed by atoms with Gasteiger partial charge in [-0.15, -0.1) is 0 Å². The first-order valence-corrected chi connectivity index (χ1v) is 9.30. The Morgan fingerprint density at radius 1 is 1.07 bits per heavy atom. The van der Waals surface area contributed by atoms with E-state index in [4.69, 9.17) is 27.9 Å². The van der Waals surface area contributed by atoms with E-state index < -0.39 is 17.9 Å². The van der Waals surface area contributed by atoms with Gasteiger partial charge in [0.15, 0.2) is 0 Å². The Balaban J connectivity index is 2.01. The van der Waals surface area contributed by atoms with Gasteiger partial charge in [-0.25, -0.2) is 5.43 Å². The van der Waals surface area contributed by atoms with Crippen LogP contribution >= 0.6 is 23.2 Å². The molecule has 2 rings (SSSR count). The molecule has 0 heterocycles. The molecule has 0 fully saturated rings. The summed E-state index contributed by atoms with van der Waals surface area (Å²) in [5.74, 6) is -0.270. The lowest BCUT2D eigenvalue weighted by molar-refractivity contribution is -0.123. The number of hydrogen-bond donors (Lipinski definition) is 2. The fraction of sp³-hybridized carbons (Fsp3) is 0.250. The standard InChI is InChI=1S/C20H21Cl2N3O3/c1-12(2)18(24-19(26)14-6-9-16(21)17(22)10-14)20(27)25-23-11-13-4-7-15(28-3)8-5-13/h4-12,18H,1-3H3,(H,24,26)(H,25,27). The molecule has 0 radical (unpaired) electrons. The highest BCUT2D eigenvalue weighted by Crippen LogP contribution is 2.22. The number of hydrogen-bond acceptors (Lipinski definition) is 4. The number of nitrogens with one attached hydrogen (secondary N) is 2. The molecule has 1 atom stereocenters. The molecule has 0 bridgehead atoms. The fourth-order valence-electron chi connectivity index (χ4n) is 2.33. The van der Waals surface area contributed by atoms with Gasteiger partial charge < -0.3 is 10.1 Å². The second-order valence-electron chi connectivity index (χ2n) is 6.33. The third kappa shape index (κ3) is 5.97. The average molecular weight is 422 g/mol. The summed E-state index contributed by atoms with van der Waals surface area (Å²) in [6.07, 6.45) is 1.51. The number of halogens is 2. The van der Waals surface area contributed by atoms with Crippen LogP contribution < -0.4 is 15.5 Å². The number of hydrazone groups is 1. The Morgan fingerprint density at radius 2 is 1.75 bits per heavy atom. The fourth-order valence-corrected chi connectivity index (χ4v) is 2.62. The summed E-state index contributed by atoms with van der Waals surface area (Å²) in [4.78, 5) is 24.9. The Bertz CT molecular complexity index is 867. The van der Waals surface area contributed by atoms with Gasteiger partial charge in [0, 0.05) is 5.56 Å². The molecule has 0 aliphatic rings. The number of rotatable bonds is 7. The van der Waals surface area contributed by atoms with Crippen molar-refractivity contribution in [1.29, 1.82) is 0 Å². The van der Waals surface area contributed by atoms with E-state index in [0.29, 0.717) is 10.6 Å². The van der Waals surface area contributed by atoms with Crippen molar-refractivity contribution in [1.82, 2.24) is 10.7 Å². The lowest BCUT2D eigenvalue weighted by atomic mass is 10.0. The summed E-state index contributed by atoms with van der Waals surface area (Å²) in [5, 5.41) is 7.27. The predicted octanol–water partition coefficient (Wildman–Crippen LogP) is 3.91. The molecule has 1 unspecified atom stereocenters. The van der Waals surface area contributed by atoms with E-state index >= 15 is 0 Å². The van der Waals surface area contributed by atoms with E-state index in [2.05, 4.69) is 15.8 Å². The molecule has 2 N–H and O–H groups in total. The van der Waals surface area contributed by atoms with E-state index in [1.54, 1.807) is 37.4 Å². The highest BCUT2D eigenvalue weighted by molar-refractivity contribution is 6.42. The highest BCUT2D eigenvalue weighted by atomic mass is 35.5. The van der Waals surface area contributed by atoms with Crippen molar-refractivity contribution in [2.24, 2.45) is 11.0 Å². The molecule has 0 aliphatic heterocycles. The number of benzene rings is 2. The maximum absolute atomic E-state index is 12.5. The Hall–Kier alpha value is -2.57. The molecule has 6 nitrogen and oxygen atoms in total. The number of ether oxygens (including phenoxy) is 1. The summed E-state index contributed by atoms with van der Waals surface area (Å²) >= 11 is 11.8. The first kappa shape index (κ1) is 21.7. The molecule has 2 aromatic rings. The number of carbonyl (C=O) groups excluding carboxylic acids is 2. The molecule has 0 saturated heterocycles. The molecule has 0 saturated carbocycles. The van der Waals surface area contributed by atoms with E-state index in [-0.39, 0.29) is 10.9 Å². The average Bonchev–Trinajstić information content (AvgIpc) is 2.68. The SMILES string of the molecule is COc1ccc(C=NNC(=O)C(NC(=O)c2ccc(Cl)c(Cl)c2)C(C)C)cc1. The maximum atomic E-state index is 12.5. The van der Waals surface area contributed by atoms with Crippen LogP contribution in [0, 0.1) is 5.92 Å². The van der Waals surface area contributed by atoms with Gasteiger partial charge in [-0.2, -0.15) is 5.10 Å². The minimum Gasteiger partial charge on any atom is -0.497 e. The van der Waals surface area contributed by atoms with Crippen LogP contribution in [0.4, 0.5) is 0 Å². The Labute approximate surface area is 173 Å². The number of amides is 2. The topological polar surface area (TPSA) is 79.8 Å². The van der Waals surface area contributed by atoms with Crippen LogP contribution in [-0.4, -0.2) is 31.2 Å². The van der Waals surface area contributed by atoms with Crippen LogP contribution in [0.5, 0.6) is 5.75 Å². The first-order chi connectivity index (χ1) is 13.3. The minimum absolute atomic E-state index is 0.150. The van der Waals surface area contributed by atoms with Crippen LogP contribution in [0.25, 0.3) is 0 Å². The summed E-state index contributed by atoms with van der Waals surface area (Å²) in [7, 11) is 1.58. The molecule has 28 heavy (non-hydrogen) atoms. The summed E-state index contributed by atoms with van der Waals surface area (Å²) < 4.78 is 5.09. The van der Waals surface area contributed by atoms with Gasteiger partial charge >= 0.3 is 0 Å². The third-order valence-electron chi connectivity index (χ3n) is 3.92. The second-order valence-corrected chi connectivity index (χ2v) is 7.15. The second kappa shape index (κ2) is 10.1. The molecule has 0 spiro atoms. The van der Waals surface area contributed by atoms with Gasteiger partial charge in [0.05, 0.1) is 23.4 Å². The number of nitrogens with zero attached hydrogens (tertiary/aromatic N) is 1. The van der Waals surface area contributed by atoms with Crippen LogP contribution in [0.15, 0.2) is 47.6 Å². The van der Waals surface area contributed by atoms with Gasteiger partial charge in [-0.05, 0) is 53.9 Å². The summed E-state index contributed by atoms with van der Waals surface area (Å²) in [6.45, 7) is 3.65. The monoisotopic (exact) mass is 421 g/mol. The first-order valence-electron chi connectivity index (χ1n) is 8.54. The number of methoxy groups -OCH3 is 1. The molecule has 8 heteroatoms. The Kier molecular flexibility index (Phi) is 7.84. The van der Waals surface area contributed by atoms with Gasteiger partial charge in [0.2, 0.25) is 0 Å². The van der Waals surface area contributed by atoms with Gasteiger partial charge in [-0.3, -0.25) is 9.59 Å². The smallest absolute Gasteiger partial charge is 0.262 e. The number of carbonyl (C=O) groups is 2. The molecule has 148 valence electrons. The van der Waals surface area contributed by atoms with E-state index in [1.165, 1.54) is 18.3 Å². The van der Waals surface area contributed by atoms with Crippen molar-refractivity contribution in [2.75, 3.05) is 7.11 Å². The zero-order valence-electron chi connectivity index (χ0n) is 15.7. The molecular formula is C20H21Cl2N3O3. The van der Waals surface area contributed by atoms with Crippen LogP contribution in [0.3, 0.4) is 0 Å². The third-order valence-corrected chi connectivity index (χ3v) is 4.66. The zero-order valence-corrected chi connectivity index (χ0v) is 17.2. The largest absolute Gasteiger partial charge is 0.497 e. The van der Waals surface area contributed by atoms with Gasteiger partial charge in [-0.1, -0.05) is 37.0 Å². The highest BCUT2D eigenvalue weighted by Gasteiger charge is 2.24. The van der Waals surface area contributed by atoms with Crippen molar-refractivity contribution in [3.05, 3.63) is 63.6 Å². The normalized spacial score (nSPS) is 12.1. The molecular weight excluding hydrogens is 401 g/mol. The molecule has 2 aromatic carbocycles. The van der Waals surface area contributed by atoms with Gasteiger partial charge in [0.1, 0.15) is 11.8 Å². The Morgan fingerprint density at radius 3 is 2.32 bits per heavy atom. The van der Waals surface area contributed by atoms with Crippen molar-refractivity contribution in [2.45, 2.75) is 19.9 Å². The van der Waals surface area contributed by atoms with Crippen LogP contribution in [0.2, 0.25) is 10.0 Å². The van der Waals surface area contributed by atoms with Crippen LogP contribution in [0.1, 0.15) is 29.8 Å². The van der Waals surface area contributed by atoms with Crippen molar-refractivity contribution in [3.63, 3.8) is 0 Å². The van der Waals surface area contributed by atoms with E-state index in [0.717, 1.165) is 11.3 Å². The zero-order chi connectivity index (χ0) is 20.7. The molecule has 0 aliphatic carbocycles. The maximum Gasteiger partial charge on any atom is 0.262 e. The van der Waals surface area contributed by atoms with E-state index in [9.17, 15) is 9.59 Å². The lowest BCUT2D eigenvalue weighted by Crippen LogP contribution is -2.48. The quantitative estimate of drug-likeness (QED) is 0.525. The van der Waals surface area contributed by atoms with Gasteiger partial charge in [0.25, 0.3) is 11.8 Å². The predicted molar refractivity (Wildman–Crippen MR) is 111 cm³/mol. The van der Waals surface area contributed by atoms with Crippen molar-refractivity contribution in [3.8, 4) is 5.75 Å². The van der Waals surface area contributed by atoms with Crippen molar-refractivity contribution >= 4 is 41.2 Å². The summed E-state index contributed by atoms with van der Waals surface area (Å²) in [5.41, 5.74) is 3.56. The minimum atomic E-state index is -0.769. The molecule has 2 amide bonds. The summed E-state index contributed by atoms with van der Waals surface area (Å²) in [6, 6.07) is 10.9. The van der Waals surface area contributed by atoms with E-state index in [1.807, 2.05) is 13.8 Å².